The van der Waals surface area contributed by atoms with Crippen LogP contribution in [0.15, 0.2) is 30.3 Å². The lowest BCUT2D eigenvalue weighted by atomic mass is 10.2. The number of rotatable bonds is 5. The fourth-order valence-corrected chi connectivity index (χ4v) is 2.05. The monoisotopic (exact) mass is 308 g/mol. The van der Waals surface area contributed by atoms with Gasteiger partial charge in [-0.15, -0.1) is 0 Å². The minimum atomic E-state index is -1.50. The predicted molar refractivity (Wildman–Crippen MR) is 77.3 cm³/mol. The maximum Gasteiger partial charge on any atom is 0.332 e. The number of halogens is 1. The smallest absolute Gasteiger partial charge is 0.332 e. The van der Waals surface area contributed by atoms with E-state index in [2.05, 4.69) is 10.3 Å². The Labute approximate surface area is 125 Å². The van der Waals surface area contributed by atoms with Gasteiger partial charge < -0.3 is 15.5 Å². The van der Waals surface area contributed by atoms with Gasteiger partial charge in [0.25, 0.3) is 5.91 Å². The Morgan fingerprint density at radius 1 is 1.33 bits per heavy atom. The van der Waals surface area contributed by atoms with Crippen molar-refractivity contribution in [3.8, 4) is 0 Å². The summed E-state index contributed by atoms with van der Waals surface area (Å²) in [5, 5.41) is 21.3. The fourth-order valence-electron chi connectivity index (χ4n) is 1.79. The zero-order valence-electron chi connectivity index (χ0n) is 10.9. The molecule has 0 aliphatic heterocycles. The number of benzene rings is 1. The van der Waals surface area contributed by atoms with Gasteiger partial charge in [0.1, 0.15) is 5.69 Å². The molecule has 0 aliphatic rings. The summed E-state index contributed by atoms with van der Waals surface area (Å²) in [6, 6.07) is 8.61. The number of hydrogen-bond acceptors (Lipinski definition) is 4. The van der Waals surface area contributed by atoms with Crippen LogP contribution in [0.25, 0.3) is 10.9 Å². The molecule has 0 saturated heterocycles. The zero-order chi connectivity index (χ0) is 15.4. The Bertz CT molecular complexity index is 690. The third kappa shape index (κ3) is 3.68. The number of aliphatic hydroxyl groups is 1. The molecule has 1 atom stereocenters. The molecule has 1 aromatic heterocycles. The molecule has 0 unspecified atom stereocenters. The lowest BCUT2D eigenvalue weighted by Gasteiger charge is -2.08. The van der Waals surface area contributed by atoms with Crippen LogP contribution < -0.4 is 5.32 Å². The van der Waals surface area contributed by atoms with Crippen LogP contribution in [0.4, 0.5) is 0 Å². The first-order valence-electron chi connectivity index (χ1n) is 6.23. The highest BCUT2D eigenvalue weighted by atomic mass is 35.5. The maximum atomic E-state index is 11.9. The quantitative estimate of drug-likeness (QED) is 0.776. The standard InChI is InChI=1S/C14H13ClN2O4/c15-9-7-11(17-10-4-2-1-3-8(9)10)13(19)16-6-5-12(18)14(20)21/h1-4,7,12,18H,5-6H2,(H,16,19)(H,20,21)/t12-/m0/s1. The summed E-state index contributed by atoms with van der Waals surface area (Å²) in [5.74, 6) is -1.80. The van der Waals surface area contributed by atoms with Crippen molar-refractivity contribution in [3.05, 3.63) is 41.0 Å². The number of nitrogens with one attached hydrogen (secondary N) is 1. The van der Waals surface area contributed by atoms with Crippen LogP contribution in [0.2, 0.25) is 5.02 Å². The van der Waals surface area contributed by atoms with E-state index in [9.17, 15) is 9.59 Å². The molecule has 3 N–H and O–H groups in total. The van der Waals surface area contributed by atoms with Gasteiger partial charge in [0, 0.05) is 18.4 Å². The first kappa shape index (κ1) is 15.2. The number of fused-ring (bicyclic) bond motifs is 1. The van der Waals surface area contributed by atoms with Crippen molar-refractivity contribution in [2.24, 2.45) is 0 Å². The van der Waals surface area contributed by atoms with E-state index in [1.807, 2.05) is 6.07 Å². The largest absolute Gasteiger partial charge is 0.479 e. The van der Waals surface area contributed by atoms with E-state index >= 15 is 0 Å². The molecule has 0 fully saturated rings. The van der Waals surface area contributed by atoms with Crippen LogP contribution in [0.3, 0.4) is 0 Å². The summed E-state index contributed by atoms with van der Waals surface area (Å²) in [5.41, 5.74) is 0.740. The van der Waals surface area contributed by atoms with Crippen LogP contribution in [0, 0.1) is 0 Å². The average Bonchev–Trinajstić information content (AvgIpc) is 2.46. The van der Waals surface area contributed by atoms with Crippen LogP contribution in [-0.2, 0) is 4.79 Å². The van der Waals surface area contributed by atoms with Gasteiger partial charge in [-0.1, -0.05) is 29.8 Å². The third-order valence-electron chi connectivity index (χ3n) is 2.89. The predicted octanol–water partition coefficient (Wildman–Crippen LogP) is 1.45. The number of carbonyl (C=O) groups excluding carboxylic acids is 1. The van der Waals surface area contributed by atoms with Crippen molar-refractivity contribution < 1.29 is 19.8 Å². The van der Waals surface area contributed by atoms with Crippen LogP contribution in [-0.4, -0.2) is 39.7 Å². The van der Waals surface area contributed by atoms with E-state index in [1.165, 1.54) is 6.07 Å². The molecule has 1 heterocycles. The van der Waals surface area contributed by atoms with Crippen LogP contribution >= 0.6 is 11.6 Å². The van der Waals surface area contributed by atoms with E-state index in [0.29, 0.717) is 10.5 Å². The summed E-state index contributed by atoms with van der Waals surface area (Å²) in [6.45, 7) is 0.0262. The second-order valence-electron chi connectivity index (χ2n) is 4.41. The molecule has 0 spiro atoms. The summed E-state index contributed by atoms with van der Waals surface area (Å²) in [7, 11) is 0. The Morgan fingerprint density at radius 2 is 2.05 bits per heavy atom. The first-order valence-corrected chi connectivity index (χ1v) is 6.61. The number of aromatic nitrogens is 1. The van der Waals surface area contributed by atoms with Gasteiger partial charge in [-0.25, -0.2) is 9.78 Å². The summed E-state index contributed by atoms with van der Waals surface area (Å²) in [4.78, 5) is 26.6. The Hall–Kier alpha value is -2.18. The number of carbonyl (C=O) groups is 2. The number of carboxylic acids is 1. The number of pyridine rings is 1. The Morgan fingerprint density at radius 3 is 2.76 bits per heavy atom. The highest BCUT2D eigenvalue weighted by Crippen LogP contribution is 2.22. The van der Waals surface area contributed by atoms with E-state index in [-0.39, 0.29) is 18.7 Å². The molecular weight excluding hydrogens is 296 g/mol. The van der Waals surface area contributed by atoms with Gasteiger partial charge in [-0.05, 0) is 12.1 Å². The zero-order valence-corrected chi connectivity index (χ0v) is 11.7. The minimum Gasteiger partial charge on any atom is -0.479 e. The lowest BCUT2D eigenvalue weighted by Crippen LogP contribution is -2.30. The summed E-state index contributed by atoms with van der Waals surface area (Å²) in [6.07, 6.45) is -1.58. The highest BCUT2D eigenvalue weighted by molar-refractivity contribution is 6.35. The molecule has 110 valence electrons. The molecule has 2 rings (SSSR count). The summed E-state index contributed by atoms with van der Waals surface area (Å²) < 4.78 is 0. The van der Waals surface area contributed by atoms with Crippen molar-refractivity contribution in [3.63, 3.8) is 0 Å². The van der Waals surface area contributed by atoms with E-state index in [4.69, 9.17) is 21.8 Å². The fraction of sp³-hybridized carbons (Fsp3) is 0.214. The molecule has 1 aromatic carbocycles. The van der Waals surface area contributed by atoms with Crippen LogP contribution in [0.5, 0.6) is 0 Å². The number of aliphatic carboxylic acids is 1. The van der Waals surface area contributed by atoms with E-state index in [1.54, 1.807) is 18.2 Å². The second-order valence-corrected chi connectivity index (χ2v) is 4.81. The first-order chi connectivity index (χ1) is 9.99. The van der Waals surface area contributed by atoms with Gasteiger partial charge in [0.05, 0.1) is 10.5 Å². The van der Waals surface area contributed by atoms with Crippen molar-refractivity contribution in [2.75, 3.05) is 6.54 Å². The molecule has 0 radical (unpaired) electrons. The van der Waals surface area contributed by atoms with E-state index < -0.39 is 18.0 Å². The van der Waals surface area contributed by atoms with Crippen LogP contribution in [0.1, 0.15) is 16.9 Å². The molecule has 0 bridgehead atoms. The average molecular weight is 309 g/mol. The number of nitrogens with zero attached hydrogens (tertiary/aromatic N) is 1. The number of aliphatic hydroxyl groups excluding tert-OH is 1. The molecule has 0 aliphatic carbocycles. The minimum absolute atomic E-state index is 0.0262. The van der Waals surface area contributed by atoms with Gasteiger partial charge in [0.15, 0.2) is 6.10 Å². The Kier molecular flexibility index (Phi) is 4.72. The van der Waals surface area contributed by atoms with Gasteiger partial charge in [0.2, 0.25) is 0 Å². The molecule has 0 saturated carbocycles. The SMILES string of the molecule is O=C(NCC[C@H](O)C(=O)O)c1cc(Cl)c2ccccc2n1. The normalized spacial score (nSPS) is 12.1. The lowest BCUT2D eigenvalue weighted by molar-refractivity contribution is -0.146. The Balaban J connectivity index is 2.08. The number of para-hydroxylation sites is 1. The molecule has 7 heteroatoms. The molecule has 2 aromatic rings. The molecule has 6 nitrogen and oxygen atoms in total. The molecular formula is C14H13ClN2O4. The van der Waals surface area contributed by atoms with Gasteiger partial charge in [-0.2, -0.15) is 0 Å². The van der Waals surface area contributed by atoms with Crippen molar-refractivity contribution in [1.82, 2.24) is 10.3 Å². The number of amides is 1. The van der Waals surface area contributed by atoms with Crippen molar-refractivity contribution in [1.29, 1.82) is 0 Å². The highest BCUT2D eigenvalue weighted by Gasteiger charge is 2.14. The van der Waals surface area contributed by atoms with Gasteiger partial charge >= 0.3 is 5.97 Å². The van der Waals surface area contributed by atoms with E-state index in [0.717, 1.165) is 5.39 Å². The molecule has 1 amide bonds. The number of hydrogen-bond donors (Lipinski definition) is 3. The van der Waals surface area contributed by atoms with Gasteiger partial charge in [-0.3, -0.25) is 4.79 Å². The summed E-state index contributed by atoms with van der Waals surface area (Å²) >= 11 is 6.09. The topological polar surface area (TPSA) is 99.5 Å². The molecule has 21 heavy (non-hydrogen) atoms. The third-order valence-corrected chi connectivity index (χ3v) is 3.20. The maximum absolute atomic E-state index is 11.9. The second kappa shape index (κ2) is 6.51. The number of carboxylic acid groups (broad SMARTS) is 1. The van der Waals surface area contributed by atoms with Crippen molar-refractivity contribution in [2.45, 2.75) is 12.5 Å². The van der Waals surface area contributed by atoms with Crippen molar-refractivity contribution >= 4 is 34.4 Å².